The smallest absolute Gasteiger partial charge is 0.0540 e. The van der Waals surface area contributed by atoms with Crippen molar-refractivity contribution in [3.05, 3.63) is 11.1 Å². The number of rotatable bonds is 1. The van der Waals surface area contributed by atoms with Crippen LogP contribution in [0.2, 0.25) is 0 Å². The molecule has 0 aliphatic carbocycles. The van der Waals surface area contributed by atoms with Gasteiger partial charge in [0.25, 0.3) is 0 Å². The lowest BCUT2D eigenvalue weighted by Crippen LogP contribution is -1.60. The molecule has 0 amide bonds. The summed E-state index contributed by atoms with van der Waals surface area (Å²) >= 11 is 8.06. The maximum atomic E-state index is 5.13. The molecular formula is C3H3BrCl. The van der Waals surface area contributed by atoms with Gasteiger partial charge in [-0.1, -0.05) is 22.5 Å². The van der Waals surface area contributed by atoms with Crippen LogP contribution in [0, 0.1) is 6.58 Å². The molecule has 0 bridgehead atoms. The highest BCUT2D eigenvalue weighted by molar-refractivity contribution is 9.11. The lowest BCUT2D eigenvalue weighted by molar-refractivity contribution is 1.74. The van der Waals surface area contributed by atoms with Crippen LogP contribution in [0.5, 0.6) is 0 Å². The molecule has 5 heavy (non-hydrogen) atoms. The molecule has 0 fully saturated rings. The van der Waals surface area contributed by atoms with Crippen LogP contribution in [0.25, 0.3) is 0 Å². The van der Waals surface area contributed by atoms with Crippen molar-refractivity contribution in [2.45, 2.75) is 0 Å². The molecule has 0 aromatic rings. The topological polar surface area (TPSA) is 0 Å². The molecule has 0 saturated carbocycles. The number of hydrogen-bond donors (Lipinski definition) is 0. The number of halogens is 2. The van der Waals surface area contributed by atoms with Crippen LogP contribution < -0.4 is 0 Å². The van der Waals surface area contributed by atoms with Crippen molar-refractivity contribution in [3.8, 4) is 0 Å². The van der Waals surface area contributed by atoms with Crippen LogP contribution in [0.4, 0.5) is 0 Å². The molecule has 0 aromatic heterocycles. The van der Waals surface area contributed by atoms with Crippen molar-refractivity contribution >= 4 is 27.5 Å². The van der Waals surface area contributed by atoms with Gasteiger partial charge in [-0.3, -0.25) is 0 Å². The fourth-order valence-electron chi connectivity index (χ4n) is 0. The lowest BCUT2D eigenvalue weighted by Gasteiger charge is -1.73. The van der Waals surface area contributed by atoms with E-state index in [9.17, 15) is 0 Å². The maximum absolute atomic E-state index is 5.13. The van der Waals surface area contributed by atoms with E-state index < -0.39 is 0 Å². The normalized spacial score (nSPS) is 7.60. The molecule has 0 N–H and O–H groups in total. The van der Waals surface area contributed by atoms with E-state index in [1.54, 1.807) is 0 Å². The molecule has 0 aromatic carbocycles. The van der Waals surface area contributed by atoms with Crippen molar-refractivity contribution in [2.24, 2.45) is 0 Å². The van der Waals surface area contributed by atoms with Gasteiger partial charge in [0, 0.05) is 4.48 Å². The minimum Gasteiger partial charge on any atom is -0.121 e. The SMILES string of the molecule is [CH]=C(Br)CCl. The van der Waals surface area contributed by atoms with Gasteiger partial charge in [0.2, 0.25) is 0 Å². The largest absolute Gasteiger partial charge is 0.121 e. The first-order valence-corrected chi connectivity index (χ1v) is 2.43. The Kier molecular flexibility index (Phi) is 3.01. The predicted molar refractivity (Wildman–Crippen MR) is 27.5 cm³/mol. The van der Waals surface area contributed by atoms with E-state index in [4.69, 9.17) is 18.2 Å². The summed E-state index contributed by atoms with van der Waals surface area (Å²) < 4.78 is 0.583. The van der Waals surface area contributed by atoms with Gasteiger partial charge >= 0.3 is 0 Å². The zero-order valence-electron chi connectivity index (χ0n) is 2.54. The van der Waals surface area contributed by atoms with Gasteiger partial charge in [-0.15, -0.1) is 11.6 Å². The predicted octanol–water partition coefficient (Wildman–Crippen LogP) is 1.94. The van der Waals surface area contributed by atoms with Gasteiger partial charge in [0.1, 0.15) is 0 Å². The second kappa shape index (κ2) is 2.73. The standard InChI is InChI=1S/C3H3BrCl/c1-3(4)2-5/h1H,2H2. The van der Waals surface area contributed by atoms with Crippen LogP contribution >= 0.6 is 27.5 Å². The van der Waals surface area contributed by atoms with E-state index in [-0.39, 0.29) is 0 Å². The Morgan fingerprint density at radius 1 is 2.00 bits per heavy atom. The van der Waals surface area contributed by atoms with E-state index in [1.165, 1.54) is 0 Å². The Hall–Kier alpha value is 0.510. The Morgan fingerprint density at radius 2 is 2.20 bits per heavy atom. The molecule has 0 atom stereocenters. The highest BCUT2D eigenvalue weighted by Crippen LogP contribution is 1.99. The summed E-state index contributed by atoms with van der Waals surface area (Å²) in [7, 11) is 0. The van der Waals surface area contributed by atoms with Gasteiger partial charge in [-0.05, 0) is 0 Å². The Bertz CT molecular complexity index is 42.2. The van der Waals surface area contributed by atoms with E-state index in [2.05, 4.69) is 15.9 Å². The average Bonchev–Trinajstić information content (AvgIpc) is 1.38. The third-order valence-corrected chi connectivity index (χ3v) is 1.02. The molecular weight excluding hydrogens is 151 g/mol. The Morgan fingerprint density at radius 3 is 2.20 bits per heavy atom. The van der Waals surface area contributed by atoms with Crippen LogP contribution in [0.15, 0.2) is 4.48 Å². The van der Waals surface area contributed by atoms with Crippen LogP contribution in [-0.4, -0.2) is 5.88 Å². The van der Waals surface area contributed by atoms with E-state index in [0.29, 0.717) is 10.4 Å². The first-order valence-electron chi connectivity index (χ1n) is 1.10. The fraction of sp³-hybridized carbons (Fsp3) is 0.333. The summed E-state index contributed by atoms with van der Waals surface area (Å²) in [5.41, 5.74) is 0. The molecule has 1 radical (unpaired) electrons. The van der Waals surface area contributed by atoms with Crippen molar-refractivity contribution in [1.29, 1.82) is 0 Å². The molecule has 0 rings (SSSR count). The number of allylic oxidation sites excluding steroid dienone is 1. The van der Waals surface area contributed by atoms with Crippen LogP contribution in [-0.2, 0) is 0 Å². The minimum atomic E-state index is 0.389. The van der Waals surface area contributed by atoms with Gasteiger partial charge in [-0.2, -0.15) is 0 Å². The molecule has 0 aliphatic heterocycles. The van der Waals surface area contributed by atoms with Crippen LogP contribution in [0.1, 0.15) is 0 Å². The molecule has 0 unspecified atom stereocenters. The van der Waals surface area contributed by atoms with Crippen molar-refractivity contribution in [1.82, 2.24) is 0 Å². The molecule has 2 heteroatoms. The first-order chi connectivity index (χ1) is 2.27. The van der Waals surface area contributed by atoms with E-state index in [1.807, 2.05) is 0 Å². The third-order valence-electron chi connectivity index (χ3n) is 0.128. The van der Waals surface area contributed by atoms with Crippen LogP contribution in [0.3, 0.4) is 0 Å². The minimum absolute atomic E-state index is 0.389. The highest BCUT2D eigenvalue weighted by atomic mass is 79.9. The van der Waals surface area contributed by atoms with Gasteiger partial charge in [0.15, 0.2) is 0 Å². The molecule has 0 spiro atoms. The summed E-state index contributed by atoms with van der Waals surface area (Å²) in [4.78, 5) is 0. The Balaban J connectivity index is 2.85. The first kappa shape index (κ1) is 5.51. The van der Waals surface area contributed by atoms with Crippen molar-refractivity contribution < 1.29 is 0 Å². The third kappa shape index (κ3) is 4.51. The summed E-state index contributed by atoms with van der Waals surface area (Å²) in [6.07, 6.45) is 0. The molecule has 0 heterocycles. The number of alkyl halides is 1. The second-order valence-electron chi connectivity index (χ2n) is 0.580. The molecule has 0 aliphatic rings. The average molecular weight is 154 g/mol. The fourth-order valence-corrected chi connectivity index (χ4v) is 0. The van der Waals surface area contributed by atoms with E-state index in [0.717, 1.165) is 0 Å². The monoisotopic (exact) mass is 153 g/mol. The van der Waals surface area contributed by atoms with E-state index >= 15 is 0 Å². The zero-order chi connectivity index (χ0) is 4.28. The summed E-state index contributed by atoms with van der Waals surface area (Å²) in [5, 5.41) is 0. The lowest BCUT2D eigenvalue weighted by atomic mass is 10.8. The summed E-state index contributed by atoms with van der Waals surface area (Å²) in [6, 6.07) is 0. The van der Waals surface area contributed by atoms with Gasteiger partial charge in [0.05, 0.1) is 5.88 Å². The van der Waals surface area contributed by atoms with Gasteiger partial charge < -0.3 is 0 Å². The molecule has 29 valence electrons. The van der Waals surface area contributed by atoms with Crippen molar-refractivity contribution in [3.63, 3.8) is 0 Å². The Labute approximate surface area is 45.0 Å². The van der Waals surface area contributed by atoms with Gasteiger partial charge in [-0.25, -0.2) is 0 Å². The highest BCUT2D eigenvalue weighted by Gasteiger charge is 1.73. The summed E-state index contributed by atoms with van der Waals surface area (Å²) in [6.45, 7) is 4.99. The quantitative estimate of drug-likeness (QED) is 0.506. The van der Waals surface area contributed by atoms with Crippen molar-refractivity contribution in [2.75, 3.05) is 5.88 Å². The zero-order valence-corrected chi connectivity index (χ0v) is 4.88. The number of hydrogen-bond acceptors (Lipinski definition) is 0. The maximum Gasteiger partial charge on any atom is 0.0540 e. The summed E-state index contributed by atoms with van der Waals surface area (Å²) in [5.74, 6) is 0.389. The molecule has 0 saturated heterocycles. The molecule has 0 nitrogen and oxygen atoms in total. The second-order valence-corrected chi connectivity index (χ2v) is 1.87.